The third kappa shape index (κ3) is 3.28. The number of benzene rings is 1. The molecule has 1 fully saturated rings. The second-order valence-corrected chi connectivity index (χ2v) is 5.92. The third-order valence-electron chi connectivity index (χ3n) is 4.09. The molecule has 0 aliphatic heterocycles. The Hall–Kier alpha value is -1.06. The van der Waals surface area contributed by atoms with Gasteiger partial charge in [-0.25, -0.2) is 0 Å². The fourth-order valence-corrected chi connectivity index (χ4v) is 3.29. The van der Waals surface area contributed by atoms with Crippen LogP contribution in [-0.4, -0.2) is 43.4 Å². The van der Waals surface area contributed by atoms with E-state index in [4.69, 9.17) is 4.74 Å². The average molecular weight is 263 g/mol. The molecule has 1 saturated carbocycles. The molecule has 0 amide bonds. The molecular weight excluding hydrogens is 238 g/mol. The predicted molar refractivity (Wildman–Crippen MR) is 77.7 cm³/mol. The summed E-state index contributed by atoms with van der Waals surface area (Å²) in [6.45, 7) is 0.717. The molecule has 0 saturated heterocycles. The smallest absolute Gasteiger partial charge is 0.119 e. The molecule has 1 aromatic rings. The first-order chi connectivity index (χ1) is 9.05. The lowest BCUT2D eigenvalue weighted by Gasteiger charge is -2.42. The average Bonchev–Trinajstić information content (AvgIpc) is 2.38. The van der Waals surface area contributed by atoms with E-state index in [1.165, 1.54) is 12.0 Å². The van der Waals surface area contributed by atoms with Crippen molar-refractivity contribution >= 4 is 0 Å². The quantitative estimate of drug-likeness (QED) is 0.906. The summed E-state index contributed by atoms with van der Waals surface area (Å²) in [4.78, 5) is 2.08. The summed E-state index contributed by atoms with van der Waals surface area (Å²) in [5, 5.41) is 11.0. The highest BCUT2D eigenvalue weighted by Gasteiger charge is 2.40. The number of aliphatic hydroxyl groups is 1. The van der Waals surface area contributed by atoms with Gasteiger partial charge in [-0.05, 0) is 44.6 Å². The number of hydrogen-bond acceptors (Lipinski definition) is 3. The van der Waals surface area contributed by atoms with E-state index < -0.39 is 5.60 Å². The molecule has 0 heterocycles. The van der Waals surface area contributed by atoms with Gasteiger partial charge < -0.3 is 14.7 Å². The summed E-state index contributed by atoms with van der Waals surface area (Å²) < 4.78 is 5.30. The number of methoxy groups -OCH3 is 1. The Morgan fingerprint density at radius 1 is 1.37 bits per heavy atom. The van der Waals surface area contributed by atoms with Gasteiger partial charge in [-0.1, -0.05) is 25.0 Å². The number of ether oxygens (including phenoxy) is 1. The molecule has 19 heavy (non-hydrogen) atoms. The topological polar surface area (TPSA) is 32.7 Å². The van der Waals surface area contributed by atoms with Gasteiger partial charge in [0, 0.05) is 12.5 Å². The van der Waals surface area contributed by atoms with Gasteiger partial charge in [0.1, 0.15) is 5.75 Å². The Morgan fingerprint density at radius 3 is 2.84 bits per heavy atom. The first kappa shape index (κ1) is 14.4. The van der Waals surface area contributed by atoms with Crippen LogP contribution < -0.4 is 4.74 Å². The molecule has 1 aliphatic carbocycles. The largest absolute Gasteiger partial charge is 0.497 e. The summed E-state index contributed by atoms with van der Waals surface area (Å²) in [7, 11) is 5.73. The lowest BCUT2D eigenvalue weighted by atomic mass is 9.71. The van der Waals surface area contributed by atoms with Crippen LogP contribution in [0.25, 0.3) is 0 Å². The molecule has 0 radical (unpaired) electrons. The van der Waals surface area contributed by atoms with Crippen LogP contribution in [-0.2, 0) is 0 Å². The van der Waals surface area contributed by atoms with Gasteiger partial charge in [0.2, 0.25) is 0 Å². The summed E-state index contributed by atoms with van der Waals surface area (Å²) >= 11 is 0. The maximum atomic E-state index is 11.0. The van der Waals surface area contributed by atoms with E-state index >= 15 is 0 Å². The van der Waals surface area contributed by atoms with Crippen LogP contribution in [0.1, 0.15) is 37.2 Å². The lowest BCUT2D eigenvalue weighted by molar-refractivity contribution is -0.0353. The zero-order valence-electron chi connectivity index (χ0n) is 12.2. The van der Waals surface area contributed by atoms with E-state index in [9.17, 15) is 5.11 Å². The van der Waals surface area contributed by atoms with Crippen molar-refractivity contribution in [1.29, 1.82) is 0 Å². The van der Waals surface area contributed by atoms with Crippen LogP contribution in [0, 0.1) is 0 Å². The zero-order valence-corrected chi connectivity index (χ0v) is 12.2. The first-order valence-electron chi connectivity index (χ1n) is 7.06. The Kier molecular flexibility index (Phi) is 4.48. The molecule has 0 aromatic heterocycles. The zero-order chi connectivity index (χ0) is 13.9. The van der Waals surface area contributed by atoms with Crippen LogP contribution in [0.15, 0.2) is 24.3 Å². The SMILES string of the molecule is COc1cccc(C2CCCCC2(O)CN(C)C)c1. The molecule has 1 aliphatic rings. The molecule has 3 nitrogen and oxygen atoms in total. The Labute approximate surface area is 116 Å². The summed E-state index contributed by atoms with van der Waals surface area (Å²) in [5.41, 5.74) is 0.581. The highest BCUT2D eigenvalue weighted by atomic mass is 16.5. The van der Waals surface area contributed by atoms with Crippen molar-refractivity contribution in [2.75, 3.05) is 27.7 Å². The standard InChI is InChI=1S/C16H25NO2/c1-17(2)12-16(18)10-5-4-9-15(16)13-7-6-8-14(11-13)19-3/h6-8,11,15,18H,4-5,9-10,12H2,1-3H3. The van der Waals surface area contributed by atoms with Crippen molar-refractivity contribution in [1.82, 2.24) is 4.90 Å². The molecule has 2 atom stereocenters. The van der Waals surface area contributed by atoms with Gasteiger partial charge in [0.15, 0.2) is 0 Å². The minimum Gasteiger partial charge on any atom is -0.497 e. The van der Waals surface area contributed by atoms with Crippen LogP contribution in [0.4, 0.5) is 0 Å². The molecular formula is C16H25NO2. The monoisotopic (exact) mass is 263 g/mol. The van der Waals surface area contributed by atoms with Crippen LogP contribution in [0.2, 0.25) is 0 Å². The molecule has 106 valence electrons. The first-order valence-corrected chi connectivity index (χ1v) is 7.06. The number of likely N-dealkylation sites (N-methyl/N-ethyl adjacent to an activating group) is 1. The highest BCUT2D eigenvalue weighted by molar-refractivity contribution is 5.33. The molecule has 3 heteroatoms. The third-order valence-corrected chi connectivity index (χ3v) is 4.09. The van der Waals surface area contributed by atoms with Crippen molar-refractivity contribution in [2.24, 2.45) is 0 Å². The van der Waals surface area contributed by atoms with Crippen molar-refractivity contribution in [3.63, 3.8) is 0 Å². The van der Waals surface area contributed by atoms with E-state index in [-0.39, 0.29) is 5.92 Å². The number of hydrogen-bond donors (Lipinski definition) is 1. The fourth-order valence-electron chi connectivity index (χ4n) is 3.29. The normalized spacial score (nSPS) is 27.5. The minimum absolute atomic E-state index is 0.207. The Bertz CT molecular complexity index is 419. The second-order valence-electron chi connectivity index (χ2n) is 5.92. The van der Waals surface area contributed by atoms with Gasteiger partial charge in [-0.15, -0.1) is 0 Å². The minimum atomic E-state index is -0.617. The van der Waals surface area contributed by atoms with E-state index in [0.717, 1.165) is 31.6 Å². The number of nitrogens with zero attached hydrogens (tertiary/aromatic N) is 1. The van der Waals surface area contributed by atoms with Gasteiger partial charge in [-0.2, -0.15) is 0 Å². The molecule has 1 aromatic carbocycles. The highest BCUT2D eigenvalue weighted by Crippen LogP contribution is 2.41. The summed E-state index contributed by atoms with van der Waals surface area (Å²) in [5.74, 6) is 1.08. The maximum absolute atomic E-state index is 11.0. The number of rotatable bonds is 4. The summed E-state index contributed by atoms with van der Waals surface area (Å²) in [6, 6.07) is 8.14. The van der Waals surface area contributed by atoms with Crippen LogP contribution >= 0.6 is 0 Å². The van der Waals surface area contributed by atoms with Crippen molar-refractivity contribution in [3.05, 3.63) is 29.8 Å². The van der Waals surface area contributed by atoms with Crippen molar-refractivity contribution in [2.45, 2.75) is 37.2 Å². The Morgan fingerprint density at radius 2 is 2.16 bits per heavy atom. The Balaban J connectivity index is 2.27. The van der Waals surface area contributed by atoms with Gasteiger partial charge in [-0.3, -0.25) is 0 Å². The van der Waals surface area contributed by atoms with Gasteiger partial charge in [0.25, 0.3) is 0 Å². The van der Waals surface area contributed by atoms with Crippen LogP contribution in [0.3, 0.4) is 0 Å². The van der Waals surface area contributed by atoms with Crippen molar-refractivity contribution in [3.8, 4) is 5.75 Å². The molecule has 1 N–H and O–H groups in total. The van der Waals surface area contributed by atoms with E-state index in [2.05, 4.69) is 17.0 Å². The summed E-state index contributed by atoms with van der Waals surface area (Å²) in [6.07, 6.45) is 4.24. The maximum Gasteiger partial charge on any atom is 0.119 e. The van der Waals surface area contributed by atoms with Gasteiger partial charge >= 0.3 is 0 Å². The fraction of sp³-hybridized carbons (Fsp3) is 0.625. The van der Waals surface area contributed by atoms with E-state index in [0.29, 0.717) is 0 Å². The van der Waals surface area contributed by atoms with Crippen LogP contribution in [0.5, 0.6) is 5.75 Å². The molecule has 2 unspecified atom stereocenters. The predicted octanol–water partition coefficient (Wildman–Crippen LogP) is 2.65. The van der Waals surface area contributed by atoms with Gasteiger partial charge in [0.05, 0.1) is 12.7 Å². The second kappa shape index (κ2) is 5.93. The molecule has 2 rings (SSSR count). The molecule has 0 spiro atoms. The lowest BCUT2D eigenvalue weighted by Crippen LogP contribution is -2.47. The van der Waals surface area contributed by atoms with E-state index in [1.807, 2.05) is 26.2 Å². The van der Waals surface area contributed by atoms with Crippen molar-refractivity contribution < 1.29 is 9.84 Å². The molecule has 0 bridgehead atoms. The van der Waals surface area contributed by atoms with E-state index in [1.54, 1.807) is 7.11 Å².